The van der Waals surface area contributed by atoms with Gasteiger partial charge in [0.1, 0.15) is 5.69 Å². The highest BCUT2D eigenvalue weighted by atomic mass is 16.5. The summed E-state index contributed by atoms with van der Waals surface area (Å²) >= 11 is 0. The van der Waals surface area contributed by atoms with E-state index in [0.29, 0.717) is 31.7 Å². The van der Waals surface area contributed by atoms with E-state index >= 15 is 0 Å². The van der Waals surface area contributed by atoms with Crippen LogP contribution in [0.5, 0.6) is 0 Å². The summed E-state index contributed by atoms with van der Waals surface area (Å²) in [6.07, 6.45) is 1.57. The van der Waals surface area contributed by atoms with Crippen molar-refractivity contribution < 1.29 is 24.2 Å². The number of H-pyrrole nitrogens is 1. The van der Waals surface area contributed by atoms with Crippen LogP contribution >= 0.6 is 0 Å². The molecule has 2 heterocycles. The molecule has 1 aromatic heterocycles. The van der Waals surface area contributed by atoms with Gasteiger partial charge in [0, 0.05) is 23.4 Å². The molecule has 0 spiro atoms. The number of fused-ring (bicyclic) bond motifs is 1. The standard InChI is InChI=1S/C18H21NO5/c1-2-23-18(22)17-13(5-6-20)14-8-11(3-4-15(14)19-17)7-12-9-16(21)24-10-12/h3-4,8,12,19-20H,2,5-7,9-10H2,1H3/t12-/m1/s1. The van der Waals surface area contributed by atoms with Crippen LogP contribution in [-0.2, 0) is 27.1 Å². The molecular formula is C18H21NO5. The Morgan fingerprint density at radius 1 is 1.46 bits per heavy atom. The fraction of sp³-hybridized carbons (Fsp3) is 0.444. The van der Waals surface area contributed by atoms with E-state index in [-0.39, 0.29) is 18.5 Å². The zero-order valence-electron chi connectivity index (χ0n) is 13.6. The largest absolute Gasteiger partial charge is 0.465 e. The smallest absolute Gasteiger partial charge is 0.355 e. The van der Waals surface area contributed by atoms with Crippen LogP contribution in [0, 0.1) is 5.92 Å². The van der Waals surface area contributed by atoms with Crippen LogP contribution in [-0.4, -0.2) is 41.8 Å². The first kappa shape index (κ1) is 16.5. The minimum absolute atomic E-state index is 0.0471. The lowest BCUT2D eigenvalue weighted by molar-refractivity contribution is -0.137. The summed E-state index contributed by atoms with van der Waals surface area (Å²) in [4.78, 5) is 26.4. The van der Waals surface area contributed by atoms with Gasteiger partial charge in [-0.15, -0.1) is 0 Å². The third kappa shape index (κ3) is 3.28. The molecule has 6 nitrogen and oxygen atoms in total. The molecule has 24 heavy (non-hydrogen) atoms. The second kappa shape index (κ2) is 7.05. The molecule has 2 N–H and O–H groups in total. The Labute approximate surface area is 139 Å². The van der Waals surface area contributed by atoms with Crippen molar-refractivity contribution >= 4 is 22.8 Å². The Morgan fingerprint density at radius 2 is 2.29 bits per heavy atom. The number of carbonyl (C=O) groups excluding carboxylic acids is 2. The van der Waals surface area contributed by atoms with Crippen molar-refractivity contribution in [2.24, 2.45) is 5.92 Å². The molecule has 6 heteroatoms. The molecule has 1 atom stereocenters. The predicted molar refractivity (Wildman–Crippen MR) is 87.8 cm³/mol. The Hall–Kier alpha value is -2.34. The van der Waals surface area contributed by atoms with Gasteiger partial charge in [0.05, 0.1) is 19.6 Å². The van der Waals surface area contributed by atoms with Crippen LogP contribution in [0.2, 0.25) is 0 Å². The molecule has 0 amide bonds. The number of aliphatic hydroxyl groups is 1. The zero-order chi connectivity index (χ0) is 17.1. The normalized spacial score (nSPS) is 17.2. The lowest BCUT2D eigenvalue weighted by Gasteiger charge is -2.07. The number of esters is 2. The first-order valence-corrected chi connectivity index (χ1v) is 8.19. The molecule has 0 unspecified atom stereocenters. The van der Waals surface area contributed by atoms with Gasteiger partial charge in [0.15, 0.2) is 0 Å². The number of aromatic amines is 1. The number of nitrogens with one attached hydrogen (secondary N) is 1. The number of aliphatic hydroxyl groups excluding tert-OH is 1. The van der Waals surface area contributed by atoms with Gasteiger partial charge < -0.3 is 19.6 Å². The van der Waals surface area contributed by atoms with Gasteiger partial charge in [-0.3, -0.25) is 4.79 Å². The van der Waals surface area contributed by atoms with E-state index in [0.717, 1.165) is 28.5 Å². The molecule has 3 rings (SSSR count). The maximum Gasteiger partial charge on any atom is 0.355 e. The first-order chi connectivity index (χ1) is 11.6. The number of hydrogen-bond donors (Lipinski definition) is 2. The van der Waals surface area contributed by atoms with Crippen molar-refractivity contribution in [1.82, 2.24) is 4.98 Å². The third-order valence-electron chi connectivity index (χ3n) is 4.27. The second-order valence-electron chi connectivity index (χ2n) is 6.01. The average molecular weight is 331 g/mol. The predicted octanol–water partition coefficient (Wildman–Crippen LogP) is 1.98. The van der Waals surface area contributed by atoms with Crippen LogP contribution in [0.3, 0.4) is 0 Å². The monoisotopic (exact) mass is 331 g/mol. The second-order valence-corrected chi connectivity index (χ2v) is 6.01. The number of carbonyl (C=O) groups is 2. The summed E-state index contributed by atoms with van der Waals surface area (Å²) in [5.74, 6) is -0.360. The first-order valence-electron chi connectivity index (χ1n) is 8.19. The third-order valence-corrected chi connectivity index (χ3v) is 4.27. The van der Waals surface area contributed by atoms with Crippen LogP contribution in [0.4, 0.5) is 0 Å². The van der Waals surface area contributed by atoms with E-state index in [1.807, 2.05) is 18.2 Å². The minimum atomic E-state index is -0.409. The van der Waals surface area contributed by atoms with Crippen molar-refractivity contribution in [3.63, 3.8) is 0 Å². The summed E-state index contributed by atoms with van der Waals surface area (Å²) in [6.45, 7) is 2.47. The SMILES string of the molecule is CCOC(=O)c1[nH]c2ccc(C[C@H]3COC(=O)C3)cc2c1CCO. The van der Waals surface area contributed by atoms with Crippen molar-refractivity contribution in [2.45, 2.75) is 26.2 Å². The van der Waals surface area contributed by atoms with Gasteiger partial charge in [0.25, 0.3) is 0 Å². The summed E-state index contributed by atoms with van der Waals surface area (Å²) < 4.78 is 10.1. The van der Waals surface area contributed by atoms with Crippen molar-refractivity contribution in [2.75, 3.05) is 19.8 Å². The van der Waals surface area contributed by atoms with Crippen molar-refractivity contribution in [3.8, 4) is 0 Å². The molecule has 0 radical (unpaired) electrons. The summed E-state index contributed by atoms with van der Waals surface area (Å²) in [5.41, 5.74) is 3.09. The van der Waals surface area contributed by atoms with Gasteiger partial charge in [-0.1, -0.05) is 6.07 Å². The molecule has 1 aliphatic rings. The van der Waals surface area contributed by atoms with Crippen molar-refractivity contribution in [3.05, 3.63) is 35.0 Å². The summed E-state index contributed by atoms with van der Waals surface area (Å²) in [7, 11) is 0. The lowest BCUT2D eigenvalue weighted by Crippen LogP contribution is -2.08. The van der Waals surface area contributed by atoms with E-state index in [4.69, 9.17) is 9.47 Å². The Kier molecular flexibility index (Phi) is 4.85. The highest BCUT2D eigenvalue weighted by Crippen LogP contribution is 2.27. The summed E-state index contributed by atoms with van der Waals surface area (Å²) in [6, 6.07) is 5.92. The van der Waals surface area contributed by atoms with Gasteiger partial charge >= 0.3 is 11.9 Å². The molecule has 1 saturated heterocycles. The van der Waals surface area contributed by atoms with Crippen LogP contribution in [0.1, 0.15) is 35.0 Å². The highest BCUT2D eigenvalue weighted by Gasteiger charge is 2.24. The molecule has 1 aromatic carbocycles. The molecule has 128 valence electrons. The topological polar surface area (TPSA) is 88.6 Å². The Bertz CT molecular complexity index is 764. The highest BCUT2D eigenvalue weighted by molar-refractivity contribution is 5.98. The van der Waals surface area contributed by atoms with Crippen LogP contribution in [0.15, 0.2) is 18.2 Å². The number of cyclic esters (lactones) is 1. The number of hydrogen-bond acceptors (Lipinski definition) is 5. The maximum absolute atomic E-state index is 12.1. The van der Waals surface area contributed by atoms with E-state index < -0.39 is 5.97 Å². The molecule has 1 aliphatic heterocycles. The molecule has 0 aliphatic carbocycles. The van der Waals surface area contributed by atoms with E-state index in [9.17, 15) is 14.7 Å². The zero-order valence-corrected chi connectivity index (χ0v) is 13.6. The van der Waals surface area contributed by atoms with Gasteiger partial charge in [-0.25, -0.2) is 4.79 Å². The summed E-state index contributed by atoms with van der Waals surface area (Å²) in [5, 5.41) is 10.3. The van der Waals surface area contributed by atoms with Gasteiger partial charge in [-0.2, -0.15) is 0 Å². The molecule has 0 bridgehead atoms. The van der Waals surface area contributed by atoms with Crippen LogP contribution < -0.4 is 0 Å². The molecule has 2 aromatic rings. The van der Waals surface area contributed by atoms with E-state index in [2.05, 4.69) is 4.98 Å². The van der Waals surface area contributed by atoms with Gasteiger partial charge in [0.2, 0.25) is 0 Å². The van der Waals surface area contributed by atoms with Gasteiger partial charge in [-0.05, 0) is 43.0 Å². The quantitative estimate of drug-likeness (QED) is 0.790. The lowest BCUT2D eigenvalue weighted by atomic mass is 9.96. The molecule has 0 saturated carbocycles. The Balaban J connectivity index is 1.93. The number of benzene rings is 1. The van der Waals surface area contributed by atoms with E-state index in [1.165, 1.54) is 0 Å². The average Bonchev–Trinajstić information content (AvgIpc) is 3.12. The van der Waals surface area contributed by atoms with Crippen molar-refractivity contribution in [1.29, 1.82) is 0 Å². The Morgan fingerprint density at radius 3 is 2.96 bits per heavy atom. The number of aromatic nitrogens is 1. The molecule has 1 fully saturated rings. The fourth-order valence-electron chi connectivity index (χ4n) is 3.20. The maximum atomic E-state index is 12.1. The van der Waals surface area contributed by atoms with E-state index in [1.54, 1.807) is 6.92 Å². The van der Waals surface area contributed by atoms with Crippen LogP contribution in [0.25, 0.3) is 10.9 Å². The number of rotatable bonds is 6. The number of ether oxygens (including phenoxy) is 2. The molecular weight excluding hydrogens is 310 g/mol. The minimum Gasteiger partial charge on any atom is -0.465 e. The fourth-order valence-corrected chi connectivity index (χ4v) is 3.20.